The molecule has 2 N–H and O–H groups in total. The first kappa shape index (κ1) is 14.7. The first-order chi connectivity index (χ1) is 9.58. The van der Waals surface area contributed by atoms with Gasteiger partial charge in [-0.05, 0) is 13.8 Å². The Kier molecular flexibility index (Phi) is 4.92. The van der Waals surface area contributed by atoms with Gasteiger partial charge < -0.3 is 15.3 Å². The lowest BCUT2D eigenvalue weighted by Gasteiger charge is -2.35. The molecule has 6 nitrogen and oxygen atoms in total. The van der Waals surface area contributed by atoms with Crippen molar-refractivity contribution in [1.29, 1.82) is 0 Å². The number of piperazine rings is 1. The van der Waals surface area contributed by atoms with Gasteiger partial charge in [0.05, 0.1) is 6.61 Å². The van der Waals surface area contributed by atoms with Gasteiger partial charge in [-0.1, -0.05) is 6.58 Å². The molecule has 0 saturated carbocycles. The molecule has 0 aromatic carbocycles. The van der Waals surface area contributed by atoms with Crippen molar-refractivity contribution in [2.24, 2.45) is 0 Å². The van der Waals surface area contributed by atoms with Crippen molar-refractivity contribution in [3.05, 3.63) is 24.2 Å². The van der Waals surface area contributed by atoms with Crippen LogP contribution in [-0.4, -0.2) is 59.3 Å². The molecule has 1 fully saturated rings. The summed E-state index contributed by atoms with van der Waals surface area (Å²) in [5, 5.41) is 12.1. The number of allylic oxidation sites excluding steroid dienone is 1. The Morgan fingerprint density at radius 1 is 1.35 bits per heavy atom. The molecular weight excluding hydrogens is 254 g/mol. The average Bonchev–Trinajstić information content (AvgIpc) is 2.38. The van der Waals surface area contributed by atoms with Gasteiger partial charge in [0.1, 0.15) is 17.5 Å². The van der Waals surface area contributed by atoms with E-state index in [9.17, 15) is 0 Å². The minimum absolute atomic E-state index is 0.222. The highest BCUT2D eigenvalue weighted by Crippen LogP contribution is 2.18. The van der Waals surface area contributed by atoms with Crippen LogP contribution in [0, 0.1) is 6.92 Å². The lowest BCUT2D eigenvalue weighted by molar-refractivity contribution is 0.188. The predicted molar refractivity (Wildman–Crippen MR) is 80.9 cm³/mol. The highest BCUT2D eigenvalue weighted by molar-refractivity contribution is 5.51. The number of aromatic nitrogens is 2. The Morgan fingerprint density at radius 2 is 2.05 bits per heavy atom. The van der Waals surface area contributed by atoms with Crippen LogP contribution >= 0.6 is 0 Å². The first-order valence-electron chi connectivity index (χ1n) is 6.95. The van der Waals surface area contributed by atoms with Crippen LogP contribution in [0.1, 0.15) is 12.7 Å². The van der Waals surface area contributed by atoms with E-state index in [-0.39, 0.29) is 6.61 Å². The summed E-state index contributed by atoms with van der Waals surface area (Å²) in [5.41, 5.74) is 0.863. The molecule has 110 valence electrons. The van der Waals surface area contributed by atoms with Crippen LogP contribution in [0.5, 0.6) is 0 Å². The van der Waals surface area contributed by atoms with Crippen molar-refractivity contribution < 1.29 is 5.11 Å². The monoisotopic (exact) mass is 277 g/mol. The molecule has 0 aliphatic carbocycles. The molecule has 0 bridgehead atoms. The number of nitrogens with one attached hydrogen (secondary N) is 1. The number of hydrogen-bond donors (Lipinski definition) is 2. The number of anilines is 2. The Hall–Kier alpha value is -1.66. The second-order valence-corrected chi connectivity index (χ2v) is 5.12. The van der Waals surface area contributed by atoms with Gasteiger partial charge in [0.2, 0.25) is 0 Å². The fourth-order valence-electron chi connectivity index (χ4n) is 2.34. The molecule has 1 aliphatic rings. The molecule has 1 aromatic heterocycles. The van der Waals surface area contributed by atoms with Crippen LogP contribution in [0.25, 0.3) is 0 Å². The summed E-state index contributed by atoms with van der Waals surface area (Å²) in [6.45, 7) is 12.4. The molecule has 1 aromatic rings. The first-order valence-corrected chi connectivity index (χ1v) is 6.95. The van der Waals surface area contributed by atoms with Gasteiger partial charge in [-0.25, -0.2) is 9.97 Å². The lowest BCUT2D eigenvalue weighted by atomic mass is 10.3. The lowest BCUT2D eigenvalue weighted by Crippen LogP contribution is -2.47. The van der Waals surface area contributed by atoms with Crippen molar-refractivity contribution >= 4 is 11.6 Å². The van der Waals surface area contributed by atoms with Crippen LogP contribution in [0.15, 0.2) is 18.3 Å². The molecular formula is C14H23N5O. The van der Waals surface area contributed by atoms with Crippen molar-refractivity contribution in [2.45, 2.75) is 13.8 Å². The number of rotatable bonds is 5. The topological polar surface area (TPSA) is 64.5 Å². The van der Waals surface area contributed by atoms with E-state index in [0.29, 0.717) is 0 Å². The van der Waals surface area contributed by atoms with Crippen molar-refractivity contribution in [2.75, 3.05) is 49.5 Å². The molecule has 1 saturated heterocycles. The number of aliphatic hydroxyl groups excluding tert-OH is 1. The number of aliphatic hydroxyl groups is 1. The summed E-state index contributed by atoms with van der Waals surface area (Å²) in [5.74, 6) is 2.49. The van der Waals surface area contributed by atoms with Crippen LogP contribution < -0.4 is 10.2 Å². The SMILES string of the molecule is C=C(C)Nc1cc(N2CCN(CCO)CC2)nc(C)n1. The highest BCUT2D eigenvalue weighted by atomic mass is 16.3. The summed E-state index contributed by atoms with van der Waals surface area (Å²) >= 11 is 0. The third-order valence-corrected chi connectivity index (χ3v) is 3.28. The number of nitrogens with zero attached hydrogens (tertiary/aromatic N) is 4. The molecule has 0 radical (unpaired) electrons. The van der Waals surface area contributed by atoms with E-state index in [1.165, 1.54) is 0 Å². The summed E-state index contributed by atoms with van der Waals surface area (Å²) in [6, 6.07) is 1.96. The summed E-state index contributed by atoms with van der Waals surface area (Å²) < 4.78 is 0. The molecule has 1 aliphatic heterocycles. The average molecular weight is 277 g/mol. The zero-order valence-corrected chi connectivity index (χ0v) is 12.3. The molecule has 0 amide bonds. The fraction of sp³-hybridized carbons (Fsp3) is 0.571. The van der Waals surface area contributed by atoms with Gasteiger partial charge in [0.15, 0.2) is 0 Å². The number of hydrogen-bond acceptors (Lipinski definition) is 6. The zero-order chi connectivity index (χ0) is 14.5. The van der Waals surface area contributed by atoms with Crippen molar-refractivity contribution in [3.63, 3.8) is 0 Å². The van der Waals surface area contributed by atoms with Gasteiger partial charge in [-0.2, -0.15) is 0 Å². The Bertz CT molecular complexity index is 469. The summed E-state index contributed by atoms with van der Waals surface area (Å²) in [4.78, 5) is 13.4. The second-order valence-electron chi connectivity index (χ2n) is 5.12. The van der Waals surface area contributed by atoms with E-state index in [1.54, 1.807) is 0 Å². The van der Waals surface area contributed by atoms with Crippen LogP contribution in [0.3, 0.4) is 0 Å². The second kappa shape index (κ2) is 6.67. The van der Waals surface area contributed by atoms with E-state index >= 15 is 0 Å². The molecule has 20 heavy (non-hydrogen) atoms. The number of aryl methyl sites for hydroxylation is 1. The summed E-state index contributed by atoms with van der Waals surface area (Å²) in [7, 11) is 0. The maximum atomic E-state index is 8.97. The largest absolute Gasteiger partial charge is 0.395 e. The van der Waals surface area contributed by atoms with Crippen LogP contribution in [0.4, 0.5) is 11.6 Å². The van der Waals surface area contributed by atoms with Crippen LogP contribution in [-0.2, 0) is 0 Å². The van der Waals surface area contributed by atoms with E-state index in [4.69, 9.17) is 5.11 Å². The third kappa shape index (κ3) is 3.91. The molecule has 0 spiro atoms. The van der Waals surface area contributed by atoms with E-state index < -0.39 is 0 Å². The normalized spacial score (nSPS) is 16.2. The molecule has 2 heterocycles. The Morgan fingerprint density at radius 3 is 2.65 bits per heavy atom. The Balaban J connectivity index is 2.05. The maximum Gasteiger partial charge on any atom is 0.135 e. The molecule has 2 rings (SSSR count). The van der Waals surface area contributed by atoms with Gasteiger partial charge in [0.25, 0.3) is 0 Å². The standard InChI is InChI=1S/C14H23N5O/c1-11(2)15-13-10-14(17-12(3)16-13)19-6-4-18(5-7-19)8-9-20/h10,20H,1,4-9H2,2-3H3,(H,15,16,17). The van der Waals surface area contributed by atoms with E-state index in [0.717, 1.165) is 55.9 Å². The fourth-order valence-corrected chi connectivity index (χ4v) is 2.34. The molecule has 0 unspecified atom stereocenters. The minimum atomic E-state index is 0.222. The van der Waals surface area contributed by atoms with Gasteiger partial charge in [-0.15, -0.1) is 0 Å². The third-order valence-electron chi connectivity index (χ3n) is 3.28. The van der Waals surface area contributed by atoms with Crippen molar-refractivity contribution in [1.82, 2.24) is 14.9 Å². The predicted octanol–water partition coefficient (Wildman–Crippen LogP) is 0.845. The van der Waals surface area contributed by atoms with Gasteiger partial charge in [0, 0.05) is 44.5 Å². The van der Waals surface area contributed by atoms with E-state index in [2.05, 4.69) is 31.7 Å². The van der Waals surface area contributed by atoms with Gasteiger partial charge in [-0.3, -0.25) is 4.90 Å². The van der Waals surface area contributed by atoms with Gasteiger partial charge >= 0.3 is 0 Å². The summed E-state index contributed by atoms with van der Waals surface area (Å²) in [6.07, 6.45) is 0. The zero-order valence-electron chi connectivity index (χ0n) is 12.3. The Labute approximate surface area is 120 Å². The highest BCUT2D eigenvalue weighted by Gasteiger charge is 2.18. The minimum Gasteiger partial charge on any atom is -0.395 e. The quantitative estimate of drug-likeness (QED) is 0.832. The van der Waals surface area contributed by atoms with Crippen molar-refractivity contribution in [3.8, 4) is 0 Å². The molecule has 0 atom stereocenters. The molecule has 6 heteroatoms. The van der Waals surface area contributed by atoms with Crippen LogP contribution in [0.2, 0.25) is 0 Å². The van der Waals surface area contributed by atoms with E-state index in [1.807, 2.05) is 19.9 Å². The maximum absolute atomic E-state index is 8.97. The number of β-amino-alcohol motifs (C(OH)–C–C–N with tert-alkyl or cyclic N) is 1. The smallest absolute Gasteiger partial charge is 0.135 e.